The predicted molar refractivity (Wildman–Crippen MR) is 121 cm³/mol. The first kappa shape index (κ1) is 24.9. The SMILES string of the molecule is COCCN(CCOC)C1=C(c2ccc(OCC(C)C)cc2)C(=O)N(CC(C)C)C1=O. The van der Waals surface area contributed by atoms with E-state index in [0.717, 1.165) is 5.75 Å². The maximum Gasteiger partial charge on any atom is 0.277 e. The van der Waals surface area contributed by atoms with Crippen molar-refractivity contribution in [3.8, 4) is 5.75 Å². The zero-order valence-electron chi connectivity index (χ0n) is 19.6. The first-order valence-electron chi connectivity index (χ1n) is 10.9. The highest BCUT2D eigenvalue weighted by Crippen LogP contribution is 2.33. The topological polar surface area (TPSA) is 68.3 Å². The van der Waals surface area contributed by atoms with Gasteiger partial charge in [0.2, 0.25) is 0 Å². The normalized spacial score (nSPS) is 14.4. The first-order chi connectivity index (χ1) is 14.8. The van der Waals surface area contributed by atoms with E-state index < -0.39 is 0 Å². The van der Waals surface area contributed by atoms with Gasteiger partial charge in [0.15, 0.2) is 0 Å². The van der Waals surface area contributed by atoms with Crippen molar-refractivity contribution in [2.75, 3.05) is 53.7 Å². The maximum absolute atomic E-state index is 13.3. The van der Waals surface area contributed by atoms with Crippen LogP contribution in [0.4, 0.5) is 0 Å². The van der Waals surface area contributed by atoms with E-state index in [1.807, 2.05) is 43.0 Å². The molecule has 0 aliphatic carbocycles. The summed E-state index contributed by atoms with van der Waals surface area (Å²) >= 11 is 0. The van der Waals surface area contributed by atoms with Gasteiger partial charge in [0, 0.05) is 33.9 Å². The molecule has 0 N–H and O–H groups in total. The fourth-order valence-corrected chi connectivity index (χ4v) is 3.37. The van der Waals surface area contributed by atoms with E-state index in [2.05, 4.69) is 13.8 Å². The van der Waals surface area contributed by atoms with Crippen LogP contribution in [0.15, 0.2) is 30.0 Å². The lowest BCUT2D eigenvalue weighted by Gasteiger charge is -2.26. The summed E-state index contributed by atoms with van der Waals surface area (Å²) in [6.07, 6.45) is 0. The Balaban J connectivity index is 2.45. The van der Waals surface area contributed by atoms with Crippen LogP contribution in [0.25, 0.3) is 5.57 Å². The minimum atomic E-state index is -0.263. The smallest absolute Gasteiger partial charge is 0.277 e. The Kier molecular flexibility index (Phi) is 9.52. The van der Waals surface area contributed by atoms with Gasteiger partial charge in [-0.25, -0.2) is 0 Å². The Morgan fingerprint density at radius 2 is 1.45 bits per heavy atom. The van der Waals surface area contributed by atoms with Gasteiger partial charge in [0.05, 0.1) is 25.4 Å². The Bertz CT molecular complexity index is 763. The van der Waals surface area contributed by atoms with Crippen LogP contribution in [-0.2, 0) is 19.1 Å². The van der Waals surface area contributed by atoms with Gasteiger partial charge in [0.25, 0.3) is 11.8 Å². The highest BCUT2D eigenvalue weighted by molar-refractivity contribution is 6.35. The molecule has 0 atom stereocenters. The molecule has 1 aliphatic rings. The molecular weight excluding hydrogens is 396 g/mol. The summed E-state index contributed by atoms with van der Waals surface area (Å²) in [6.45, 7) is 11.0. The van der Waals surface area contributed by atoms with Crippen molar-refractivity contribution in [2.24, 2.45) is 11.8 Å². The van der Waals surface area contributed by atoms with Gasteiger partial charge < -0.3 is 19.1 Å². The average Bonchev–Trinajstić information content (AvgIpc) is 2.97. The van der Waals surface area contributed by atoms with Crippen molar-refractivity contribution in [2.45, 2.75) is 27.7 Å². The van der Waals surface area contributed by atoms with Crippen LogP contribution in [0, 0.1) is 11.8 Å². The van der Waals surface area contributed by atoms with Gasteiger partial charge in [-0.3, -0.25) is 14.5 Å². The zero-order chi connectivity index (χ0) is 23.0. The number of hydrogen-bond donors (Lipinski definition) is 0. The number of benzene rings is 1. The number of hydrogen-bond acceptors (Lipinski definition) is 6. The van der Waals surface area contributed by atoms with Crippen LogP contribution in [-0.4, -0.2) is 75.3 Å². The highest BCUT2D eigenvalue weighted by atomic mass is 16.5. The van der Waals surface area contributed by atoms with Crippen molar-refractivity contribution >= 4 is 17.4 Å². The molecule has 0 saturated heterocycles. The van der Waals surface area contributed by atoms with Crippen LogP contribution in [0.3, 0.4) is 0 Å². The van der Waals surface area contributed by atoms with E-state index in [0.29, 0.717) is 62.2 Å². The van der Waals surface area contributed by atoms with Crippen LogP contribution < -0.4 is 4.74 Å². The summed E-state index contributed by atoms with van der Waals surface area (Å²) < 4.78 is 16.2. The summed E-state index contributed by atoms with van der Waals surface area (Å²) in [4.78, 5) is 29.9. The molecule has 1 aliphatic heterocycles. The van der Waals surface area contributed by atoms with Crippen molar-refractivity contribution in [3.05, 3.63) is 35.5 Å². The highest BCUT2D eigenvalue weighted by Gasteiger charge is 2.41. The number of imide groups is 1. The second-order valence-corrected chi connectivity index (χ2v) is 8.54. The fourth-order valence-electron chi connectivity index (χ4n) is 3.37. The standard InChI is InChI=1S/C24H36N2O5/c1-17(2)15-26-23(27)21(19-7-9-20(10-8-19)31-16-18(3)4)22(24(26)28)25(11-13-29-5)12-14-30-6/h7-10,17-18H,11-16H2,1-6H3. The Labute approximate surface area is 185 Å². The number of nitrogens with zero attached hydrogens (tertiary/aromatic N) is 2. The second-order valence-electron chi connectivity index (χ2n) is 8.54. The number of amides is 2. The fraction of sp³-hybridized carbons (Fsp3) is 0.583. The number of ether oxygens (including phenoxy) is 3. The minimum Gasteiger partial charge on any atom is -0.493 e. The summed E-state index contributed by atoms with van der Waals surface area (Å²) in [5.74, 6) is 0.811. The third-order valence-electron chi connectivity index (χ3n) is 4.86. The number of carbonyl (C=O) groups is 2. The van der Waals surface area contributed by atoms with Crippen LogP contribution in [0.2, 0.25) is 0 Å². The quantitative estimate of drug-likeness (QED) is 0.446. The molecule has 1 heterocycles. The monoisotopic (exact) mass is 432 g/mol. The molecule has 1 aromatic rings. The molecule has 0 aromatic heterocycles. The summed E-state index contributed by atoms with van der Waals surface area (Å²) in [5.41, 5.74) is 1.54. The molecule has 172 valence electrons. The lowest BCUT2D eigenvalue weighted by molar-refractivity contribution is -0.138. The molecular formula is C24H36N2O5. The van der Waals surface area contributed by atoms with Crippen molar-refractivity contribution in [3.63, 3.8) is 0 Å². The van der Waals surface area contributed by atoms with E-state index >= 15 is 0 Å². The van der Waals surface area contributed by atoms with Gasteiger partial charge in [-0.2, -0.15) is 0 Å². The average molecular weight is 433 g/mol. The second kappa shape index (κ2) is 11.9. The molecule has 0 saturated carbocycles. The summed E-state index contributed by atoms with van der Waals surface area (Å²) in [6, 6.07) is 7.39. The van der Waals surface area contributed by atoms with Crippen LogP contribution >= 0.6 is 0 Å². The molecule has 0 fully saturated rings. The lowest BCUT2D eigenvalue weighted by Crippen LogP contribution is -2.39. The molecule has 31 heavy (non-hydrogen) atoms. The molecule has 0 spiro atoms. The minimum absolute atomic E-state index is 0.173. The van der Waals surface area contributed by atoms with E-state index in [1.165, 1.54) is 4.90 Å². The zero-order valence-corrected chi connectivity index (χ0v) is 19.6. The third-order valence-corrected chi connectivity index (χ3v) is 4.86. The summed E-state index contributed by atoms with van der Waals surface area (Å²) in [7, 11) is 3.23. The van der Waals surface area contributed by atoms with E-state index in [9.17, 15) is 9.59 Å². The predicted octanol–water partition coefficient (Wildman–Crippen LogP) is 3.05. The van der Waals surface area contributed by atoms with Gasteiger partial charge in [0.1, 0.15) is 11.4 Å². The molecule has 2 rings (SSSR count). The molecule has 0 unspecified atom stereocenters. The Morgan fingerprint density at radius 1 is 0.871 bits per heavy atom. The first-order valence-corrected chi connectivity index (χ1v) is 10.9. The van der Waals surface area contributed by atoms with Crippen molar-refractivity contribution in [1.29, 1.82) is 0 Å². The number of carbonyl (C=O) groups excluding carboxylic acids is 2. The van der Waals surface area contributed by atoms with Crippen molar-refractivity contribution < 1.29 is 23.8 Å². The maximum atomic E-state index is 13.3. The Morgan fingerprint density at radius 3 is 1.94 bits per heavy atom. The number of methoxy groups -OCH3 is 2. The lowest BCUT2D eigenvalue weighted by atomic mass is 10.0. The molecule has 2 amide bonds. The van der Waals surface area contributed by atoms with Crippen LogP contribution in [0.1, 0.15) is 33.3 Å². The molecule has 1 aromatic carbocycles. The van der Waals surface area contributed by atoms with E-state index in [-0.39, 0.29) is 17.7 Å². The molecule has 0 bridgehead atoms. The Hall–Kier alpha value is -2.38. The number of rotatable bonds is 13. The van der Waals surface area contributed by atoms with E-state index in [4.69, 9.17) is 14.2 Å². The van der Waals surface area contributed by atoms with Gasteiger partial charge in [-0.1, -0.05) is 39.8 Å². The van der Waals surface area contributed by atoms with Gasteiger partial charge >= 0.3 is 0 Å². The molecule has 7 nitrogen and oxygen atoms in total. The molecule has 0 radical (unpaired) electrons. The molecule has 7 heteroatoms. The van der Waals surface area contributed by atoms with E-state index in [1.54, 1.807) is 14.2 Å². The largest absolute Gasteiger partial charge is 0.493 e. The summed E-state index contributed by atoms with van der Waals surface area (Å²) in [5, 5.41) is 0. The third kappa shape index (κ3) is 6.55. The van der Waals surface area contributed by atoms with Gasteiger partial charge in [-0.05, 0) is 29.5 Å². The van der Waals surface area contributed by atoms with Gasteiger partial charge in [-0.15, -0.1) is 0 Å². The van der Waals surface area contributed by atoms with Crippen molar-refractivity contribution in [1.82, 2.24) is 9.80 Å². The van der Waals surface area contributed by atoms with Crippen LogP contribution in [0.5, 0.6) is 5.75 Å².